The Morgan fingerprint density at radius 2 is 2.04 bits per heavy atom. The monoisotopic (exact) mass is 389 g/mol. The lowest BCUT2D eigenvalue weighted by Gasteiger charge is -2.19. The largest absolute Gasteiger partial charge is 0.382 e. The number of imidazole rings is 1. The predicted octanol–water partition coefficient (Wildman–Crippen LogP) is 1.52. The molecule has 1 saturated carbocycles. The minimum absolute atomic E-state index is 0.142. The Balaban J connectivity index is 1.60. The molecule has 10 heteroatoms. The van der Waals surface area contributed by atoms with E-state index in [2.05, 4.69) is 27.1 Å². The zero-order chi connectivity index (χ0) is 19.1. The van der Waals surface area contributed by atoms with Crippen molar-refractivity contribution in [3.05, 3.63) is 48.5 Å². The van der Waals surface area contributed by atoms with Crippen LogP contribution in [-0.4, -0.2) is 42.3 Å². The fourth-order valence-corrected chi connectivity index (χ4v) is 3.98. The molecule has 2 heterocycles. The van der Waals surface area contributed by atoms with Crippen molar-refractivity contribution < 1.29 is 19.1 Å². The topological polar surface area (TPSA) is 136 Å². The number of rotatable bonds is 7. The molecule has 0 amide bonds. The first-order valence-corrected chi connectivity index (χ1v) is 10.3. The number of hydrogen-bond donors (Lipinski definition) is 3. The van der Waals surface area contributed by atoms with E-state index >= 15 is 0 Å². The fraction of sp³-hybridized carbons (Fsp3) is 0.353. The number of hydrogen-bond acceptors (Lipinski definition) is 6. The van der Waals surface area contributed by atoms with Crippen LogP contribution in [0.5, 0.6) is 0 Å². The number of nitrogen functional groups attached to an aromatic ring is 1. The Labute approximate surface area is 155 Å². The van der Waals surface area contributed by atoms with Crippen LogP contribution < -0.4 is 5.73 Å². The van der Waals surface area contributed by atoms with Crippen LogP contribution in [0.1, 0.15) is 12.0 Å². The summed E-state index contributed by atoms with van der Waals surface area (Å²) in [6.45, 7) is 0.900. The van der Waals surface area contributed by atoms with E-state index in [1.165, 1.54) is 6.33 Å². The first-order chi connectivity index (χ1) is 12.9. The Morgan fingerprint density at radius 3 is 2.78 bits per heavy atom. The first-order valence-electron chi connectivity index (χ1n) is 8.48. The van der Waals surface area contributed by atoms with E-state index in [0.717, 1.165) is 12.0 Å². The number of fused-ring (bicyclic) bond motifs is 1. The lowest BCUT2D eigenvalue weighted by molar-refractivity contribution is 0.140. The number of nitrogens with zero attached hydrogens (tertiary/aromatic N) is 4. The summed E-state index contributed by atoms with van der Waals surface area (Å²) in [4.78, 5) is 30.6. The molecule has 0 aliphatic heterocycles. The van der Waals surface area contributed by atoms with Crippen molar-refractivity contribution in [1.29, 1.82) is 0 Å². The smallest absolute Gasteiger partial charge is 0.350 e. The lowest BCUT2D eigenvalue weighted by atomic mass is 9.93. The van der Waals surface area contributed by atoms with Gasteiger partial charge in [-0.05, 0) is 17.9 Å². The van der Waals surface area contributed by atoms with Gasteiger partial charge in [-0.1, -0.05) is 30.3 Å². The zero-order valence-electron chi connectivity index (χ0n) is 14.5. The maximum atomic E-state index is 11.0. The number of aromatic nitrogens is 4. The van der Waals surface area contributed by atoms with E-state index in [-0.39, 0.29) is 17.9 Å². The van der Waals surface area contributed by atoms with Crippen molar-refractivity contribution >= 4 is 24.6 Å². The van der Waals surface area contributed by atoms with Crippen LogP contribution in [0, 0.1) is 5.92 Å². The van der Waals surface area contributed by atoms with Crippen LogP contribution in [-0.2, 0) is 21.3 Å². The normalized spacial score (nSPS) is 22.2. The fourth-order valence-electron chi connectivity index (χ4n) is 3.64. The molecule has 1 aliphatic carbocycles. The third-order valence-electron chi connectivity index (χ3n) is 5.04. The molecule has 142 valence electrons. The summed E-state index contributed by atoms with van der Waals surface area (Å²) in [6.07, 6.45) is 3.40. The highest BCUT2D eigenvalue weighted by atomic mass is 31.2. The lowest BCUT2D eigenvalue weighted by Crippen LogP contribution is -2.20. The molecule has 9 nitrogen and oxygen atoms in total. The second-order valence-corrected chi connectivity index (χ2v) is 8.48. The molecular formula is C17H20N5O4P. The SMILES string of the molecule is Nc1ncnc2c1ncn2C[C@]1(c2ccccc2)C[C@@H]1COCP(=O)(O)O. The zero-order valence-corrected chi connectivity index (χ0v) is 15.4. The summed E-state index contributed by atoms with van der Waals surface area (Å²) in [5.74, 6) is 0.480. The molecule has 0 spiro atoms. The molecule has 27 heavy (non-hydrogen) atoms. The van der Waals surface area contributed by atoms with Crippen LogP contribution in [0.3, 0.4) is 0 Å². The van der Waals surface area contributed by atoms with Gasteiger partial charge >= 0.3 is 7.60 Å². The van der Waals surface area contributed by atoms with Crippen LogP contribution in [0.4, 0.5) is 5.82 Å². The molecule has 1 aromatic carbocycles. The van der Waals surface area contributed by atoms with Crippen LogP contribution in [0.2, 0.25) is 0 Å². The second kappa shape index (κ2) is 6.69. The molecule has 4 N–H and O–H groups in total. The summed E-state index contributed by atoms with van der Waals surface area (Å²) >= 11 is 0. The molecular weight excluding hydrogens is 369 g/mol. The Hall–Kier alpha value is -2.32. The average molecular weight is 389 g/mol. The summed E-state index contributed by atoms with van der Waals surface area (Å²) in [5.41, 5.74) is 8.05. The van der Waals surface area contributed by atoms with Gasteiger partial charge in [0.25, 0.3) is 0 Å². The van der Waals surface area contributed by atoms with E-state index < -0.39 is 13.9 Å². The van der Waals surface area contributed by atoms with E-state index in [1.807, 2.05) is 22.8 Å². The molecule has 1 fully saturated rings. The van der Waals surface area contributed by atoms with Gasteiger partial charge in [-0.3, -0.25) is 4.57 Å². The highest BCUT2D eigenvalue weighted by Crippen LogP contribution is 2.56. The van der Waals surface area contributed by atoms with E-state index in [9.17, 15) is 4.57 Å². The third kappa shape index (κ3) is 3.59. The first kappa shape index (κ1) is 18.1. The Bertz CT molecular complexity index is 1000. The van der Waals surface area contributed by atoms with Gasteiger partial charge < -0.3 is 24.8 Å². The number of ether oxygens (including phenoxy) is 1. The molecule has 3 aromatic rings. The summed E-state index contributed by atoms with van der Waals surface area (Å²) < 4.78 is 18.3. The second-order valence-electron chi connectivity index (χ2n) is 6.89. The van der Waals surface area contributed by atoms with Crippen LogP contribution in [0.15, 0.2) is 43.0 Å². The van der Waals surface area contributed by atoms with Gasteiger partial charge in [-0.15, -0.1) is 0 Å². The van der Waals surface area contributed by atoms with Gasteiger partial charge in [0.15, 0.2) is 11.5 Å². The van der Waals surface area contributed by atoms with Gasteiger partial charge in [0.1, 0.15) is 18.2 Å². The number of benzene rings is 1. The van der Waals surface area contributed by atoms with Gasteiger partial charge in [0.05, 0.1) is 12.9 Å². The van der Waals surface area contributed by atoms with Gasteiger partial charge in [0.2, 0.25) is 0 Å². The van der Waals surface area contributed by atoms with E-state index in [1.54, 1.807) is 6.33 Å². The maximum Gasteiger partial charge on any atom is 0.350 e. The molecule has 0 bridgehead atoms. The van der Waals surface area contributed by atoms with Gasteiger partial charge in [-0.2, -0.15) is 0 Å². The average Bonchev–Trinajstić information content (AvgIpc) is 3.16. The van der Waals surface area contributed by atoms with Crippen molar-refractivity contribution in [2.75, 3.05) is 18.7 Å². The summed E-state index contributed by atoms with van der Waals surface area (Å²) in [6, 6.07) is 10.0. The predicted molar refractivity (Wildman–Crippen MR) is 98.8 cm³/mol. The van der Waals surface area contributed by atoms with Crippen molar-refractivity contribution in [2.45, 2.75) is 18.4 Å². The van der Waals surface area contributed by atoms with Crippen molar-refractivity contribution in [3.8, 4) is 0 Å². The molecule has 1 aliphatic rings. The summed E-state index contributed by atoms with van der Waals surface area (Å²) in [5, 5.41) is 0. The van der Waals surface area contributed by atoms with Crippen molar-refractivity contribution in [3.63, 3.8) is 0 Å². The molecule has 0 unspecified atom stereocenters. The quantitative estimate of drug-likeness (QED) is 0.517. The van der Waals surface area contributed by atoms with E-state index in [0.29, 0.717) is 23.5 Å². The molecule has 0 saturated heterocycles. The summed E-state index contributed by atoms with van der Waals surface area (Å²) in [7, 11) is -4.17. The molecule has 2 aromatic heterocycles. The maximum absolute atomic E-state index is 11.0. The Morgan fingerprint density at radius 1 is 1.26 bits per heavy atom. The van der Waals surface area contributed by atoms with Crippen LogP contribution >= 0.6 is 7.60 Å². The highest BCUT2D eigenvalue weighted by molar-refractivity contribution is 7.51. The Kier molecular flexibility index (Phi) is 4.47. The van der Waals surface area contributed by atoms with Gasteiger partial charge in [-0.25, -0.2) is 15.0 Å². The number of nitrogens with two attached hydrogens (primary N) is 1. The van der Waals surface area contributed by atoms with Crippen LogP contribution in [0.25, 0.3) is 11.2 Å². The minimum Gasteiger partial charge on any atom is -0.382 e. The molecule has 0 radical (unpaired) electrons. The molecule has 4 rings (SSSR count). The molecule has 2 atom stereocenters. The highest BCUT2D eigenvalue weighted by Gasteiger charge is 2.55. The van der Waals surface area contributed by atoms with Crippen molar-refractivity contribution in [1.82, 2.24) is 19.5 Å². The van der Waals surface area contributed by atoms with Gasteiger partial charge in [0, 0.05) is 12.0 Å². The standard InChI is InChI=1S/C17H20N5O4P/c18-15-14-16(20-9-19-15)22(10-21-14)8-17(12-4-2-1-3-5-12)6-13(17)7-26-11-27(23,24)25/h1-5,9-10,13H,6-8,11H2,(H2,18,19,20)(H2,23,24,25)/t13-,17+/m1/s1. The van der Waals surface area contributed by atoms with Crippen molar-refractivity contribution in [2.24, 2.45) is 5.92 Å². The third-order valence-corrected chi connectivity index (χ3v) is 5.56. The number of anilines is 1. The minimum atomic E-state index is -4.17. The van der Waals surface area contributed by atoms with E-state index in [4.69, 9.17) is 20.3 Å².